The van der Waals surface area contributed by atoms with Crippen LogP contribution in [0.3, 0.4) is 0 Å². The summed E-state index contributed by atoms with van der Waals surface area (Å²) in [5.74, 6) is 2.27. The summed E-state index contributed by atoms with van der Waals surface area (Å²) in [6, 6.07) is 16.3. The van der Waals surface area contributed by atoms with Gasteiger partial charge in [0.15, 0.2) is 11.5 Å². The fourth-order valence-corrected chi connectivity index (χ4v) is 5.83. The zero-order valence-electron chi connectivity index (χ0n) is 14.6. The molecule has 0 saturated carbocycles. The van der Waals surface area contributed by atoms with Crippen LogP contribution < -0.4 is 19.1 Å². The zero-order valence-corrected chi connectivity index (χ0v) is 17.0. The summed E-state index contributed by atoms with van der Waals surface area (Å²) < 4.78 is 18.1. The second-order valence-corrected chi connectivity index (χ2v) is 9.20. The van der Waals surface area contributed by atoms with E-state index in [4.69, 9.17) is 38.0 Å². The first-order valence-corrected chi connectivity index (χ1v) is 10.5. The Bertz CT molecular complexity index is 1140. The van der Waals surface area contributed by atoms with Gasteiger partial charge < -0.3 is 19.1 Å². The first-order chi connectivity index (χ1) is 13.7. The molecule has 3 aliphatic heterocycles. The molecule has 0 N–H and O–H groups in total. The quantitative estimate of drug-likeness (QED) is 0.527. The van der Waals surface area contributed by atoms with E-state index in [2.05, 4.69) is 29.2 Å². The molecule has 3 aliphatic rings. The summed E-state index contributed by atoms with van der Waals surface area (Å²) >= 11 is 13.8. The summed E-state index contributed by atoms with van der Waals surface area (Å²) in [5, 5.41) is 0. The number of thiophene rings is 1. The number of rotatable bonds is 2. The number of para-hydroxylation sites is 1. The molecule has 1 unspecified atom stereocenters. The third kappa shape index (κ3) is 2.14. The van der Waals surface area contributed by atoms with Gasteiger partial charge in [0.1, 0.15) is 22.8 Å². The number of fused-ring (bicyclic) bond motifs is 5. The number of halogens is 1. The Morgan fingerprint density at radius 1 is 1.00 bits per heavy atom. The van der Waals surface area contributed by atoms with Gasteiger partial charge in [0.05, 0.1) is 10.9 Å². The van der Waals surface area contributed by atoms with Crippen LogP contribution in [0.2, 0.25) is 4.34 Å². The van der Waals surface area contributed by atoms with E-state index in [1.54, 1.807) is 11.3 Å². The van der Waals surface area contributed by atoms with Crippen molar-refractivity contribution >= 4 is 45.8 Å². The summed E-state index contributed by atoms with van der Waals surface area (Å²) in [6.07, 6.45) is 0. The van der Waals surface area contributed by atoms with Crippen molar-refractivity contribution in [1.29, 1.82) is 0 Å². The normalized spacial score (nSPS) is 21.2. The molecule has 1 spiro atoms. The van der Waals surface area contributed by atoms with E-state index in [9.17, 15) is 0 Å². The van der Waals surface area contributed by atoms with Crippen LogP contribution in [-0.2, 0) is 12.0 Å². The van der Waals surface area contributed by atoms with E-state index < -0.39 is 5.41 Å². The predicted molar refractivity (Wildman–Crippen MR) is 113 cm³/mol. The highest BCUT2D eigenvalue weighted by molar-refractivity contribution is 7.80. The van der Waals surface area contributed by atoms with E-state index in [-0.39, 0.29) is 6.79 Å². The Labute approximate surface area is 176 Å². The van der Waals surface area contributed by atoms with Crippen molar-refractivity contribution < 1.29 is 14.2 Å². The van der Waals surface area contributed by atoms with Gasteiger partial charge in [-0.1, -0.05) is 42.0 Å². The number of hydrogen-bond donors (Lipinski definition) is 0. The Morgan fingerprint density at radius 3 is 2.64 bits per heavy atom. The van der Waals surface area contributed by atoms with Gasteiger partial charge in [-0.15, -0.1) is 11.3 Å². The smallest absolute Gasteiger partial charge is 0.231 e. The van der Waals surface area contributed by atoms with E-state index in [0.717, 1.165) is 37.8 Å². The lowest BCUT2D eigenvalue weighted by Gasteiger charge is -2.26. The average Bonchev–Trinajstić information content (AvgIpc) is 3.45. The molecule has 3 aromatic rings. The molecule has 0 fully saturated rings. The van der Waals surface area contributed by atoms with Crippen molar-refractivity contribution in [3.05, 3.63) is 68.9 Å². The van der Waals surface area contributed by atoms with Crippen molar-refractivity contribution in [2.24, 2.45) is 0 Å². The van der Waals surface area contributed by atoms with E-state index in [1.807, 2.05) is 24.3 Å². The van der Waals surface area contributed by atoms with Gasteiger partial charge >= 0.3 is 0 Å². The molecule has 1 aromatic heterocycles. The molecule has 7 heteroatoms. The van der Waals surface area contributed by atoms with Gasteiger partial charge in [-0.3, -0.25) is 0 Å². The number of hydrogen-bond acceptors (Lipinski definition) is 5. The minimum atomic E-state index is -0.497. The highest BCUT2D eigenvalue weighted by atomic mass is 35.5. The largest absolute Gasteiger partial charge is 0.491 e. The molecule has 0 amide bonds. The monoisotopic (exact) mass is 427 g/mol. The van der Waals surface area contributed by atoms with Gasteiger partial charge in [-0.25, -0.2) is 0 Å². The molecule has 0 bridgehead atoms. The lowest BCUT2D eigenvalue weighted by molar-refractivity contribution is 0.173. The van der Waals surface area contributed by atoms with Gasteiger partial charge in [-0.2, -0.15) is 0 Å². The number of nitrogens with zero attached hydrogens (tertiary/aromatic N) is 1. The molecular weight excluding hydrogens is 414 g/mol. The standard InChI is InChI=1S/C21H14ClNO3S2/c22-19-6-5-12(28-19)9-23-15-4-2-1-3-13(15)21(20(23)27)10-24-16-8-18-17(7-14(16)21)25-11-26-18/h1-8H,9-11H2. The second-order valence-electron chi connectivity index (χ2n) is 7.01. The first kappa shape index (κ1) is 16.7. The lowest BCUT2D eigenvalue weighted by Crippen LogP contribution is -2.40. The summed E-state index contributed by atoms with van der Waals surface area (Å²) in [4.78, 5) is 4.22. The summed E-state index contributed by atoms with van der Waals surface area (Å²) in [7, 11) is 0. The Kier molecular flexibility index (Phi) is 3.49. The molecule has 0 saturated heterocycles. The second kappa shape index (κ2) is 5.86. The average molecular weight is 428 g/mol. The van der Waals surface area contributed by atoms with Gasteiger partial charge in [0.25, 0.3) is 0 Å². The molecule has 4 heterocycles. The Balaban J connectivity index is 1.51. The van der Waals surface area contributed by atoms with Crippen LogP contribution in [0.15, 0.2) is 48.5 Å². The highest BCUT2D eigenvalue weighted by Gasteiger charge is 2.54. The van der Waals surface area contributed by atoms with Crippen LogP contribution in [0, 0.1) is 0 Å². The highest BCUT2D eigenvalue weighted by Crippen LogP contribution is 2.55. The Morgan fingerprint density at radius 2 is 1.82 bits per heavy atom. The topological polar surface area (TPSA) is 30.9 Å². The van der Waals surface area contributed by atoms with E-state index in [0.29, 0.717) is 13.2 Å². The summed E-state index contributed by atoms with van der Waals surface area (Å²) in [6.45, 7) is 1.40. The van der Waals surface area contributed by atoms with Crippen molar-refractivity contribution in [3.63, 3.8) is 0 Å². The van der Waals surface area contributed by atoms with Gasteiger partial charge in [-0.05, 0) is 29.8 Å². The third-order valence-corrected chi connectivity index (χ3v) is 7.37. The van der Waals surface area contributed by atoms with E-state index >= 15 is 0 Å². The summed E-state index contributed by atoms with van der Waals surface area (Å²) in [5.41, 5.74) is 2.83. The van der Waals surface area contributed by atoms with Crippen LogP contribution in [0.5, 0.6) is 17.2 Å². The van der Waals surface area contributed by atoms with Crippen LogP contribution in [0.1, 0.15) is 16.0 Å². The van der Waals surface area contributed by atoms with Crippen LogP contribution >= 0.6 is 35.2 Å². The maximum absolute atomic E-state index is 6.15. The SMILES string of the molecule is S=C1N(Cc2ccc(Cl)s2)c2ccccc2C12COc1cc3c(cc12)OCO3. The van der Waals surface area contributed by atoms with Crippen LogP contribution in [-0.4, -0.2) is 18.4 Å². The minimum Gasteiger partial charge on any atom is -0.491 e. The van der Waals surface area contributed by atoms with Crippen molar-refractivity contribution in [2.75, 3.05) is 18.3 Å². The van der Waals surface area contributed by atoms with Crippen LogP contribution in [0.4, 0.5) is 5.69 Å². The molecule has 6 rings (SSSR count). The molecular formula is C21H14ClNO3S2. The molecule has 140 valence electrons. The molecule has 1 atom stereocenters. The Hall–Kier alpha value is -2.28. The van der Waals surface area contributed by atoms with Gasteiger partial charge in [0, 0.05) is 22.2 Å². The first-order valence-electron chi connectivity index (χ1n) is 8.89. The van der Waals surface area contributed by atoms with Crippen molar-refractivity contribution in [1.82, 2.24) is 0 Å². The maximum atomic E-state index is 6.15. The zero-order chi connectivity index (χ0) is 18.9. The molecule has 28 heavy (non-hydrogen) atoms. The predicted octanol–water partition coefficient (Wildman–Crippen LogP) is 5.16. The van der Waals surface area contributed by atoms with Crippen molar-refractivity contribution in [2.45, 2.75) is 12.0 Å². The minimum absolute atomic E-state index is 0.234. The molecule has 2 aromatic carbocycles. The molecule has 4 nitrogen and oxygen atoms in total. The fourth-order valence-electron chi connectivity index (χ4n) is 4.31. The number of benzene rings is 2. The van der Waals surface area contributed by atoms with E-state index in [1.165, 1.54) is 10.4 Å². The van der Waals surface area contributed by atoms with Crippen molar-refractivity contribution in [3.8, 4) is 17.2 Å². The third-order valence-electron chi connectivity index (χ3n) is 5.59. The van der Waals surface area contributed by atoms with Gasteiger partial charge in [0.2, 0.25) is 6.79 Å². The fraction of sp³-hybridized carbons (Fsp3) is 0.190. The number of thiocarbonyl (C=S) groups is 1. The molecule has 0 radical (unpaired) electrons. The maximum Gasteiger partial charge on any atom is 0.231 e. The number of ether oxygens (including phenoxy) is 3. The lowest BCUT2D eigenvalue weighted by atomic mass is 9.77. The molecule has 0 aliphatic carbocycles. The van der Waals surface area contributed by atoms with Crippen LogP contribution in [0.25, 0.3) is 0 Å². The number of anilines is 1.